The van der Waals surface area contributed by atoms with E-state index in [1.807, 2.05) is 47.9 Å². The van der Waals surface area contributed by atoms with Crippen LogP contribution in [0.3, 0.4) is 0 Å². The molecular weight excluding hydrogens is 398 g/mol. The maximum absolute atomic E-state index is 11.1. The standard InChI is InChI=1S/C20H20ClN3O3S/c1-13-10-16(8-9-17(13)21)27-12-18-22-23-20(28-14(2)19(25)26)24(18)11-15-6-4-3-5-7-15/h3-10,14H,11-12H2,1-2H3,(H,25,26)/p-1/t14-/m1/s1. The van der Waals surface area contributed by atoms with Crippen LogP contribution >= 0.6 is 23.4 Å². The van der Waals surface area contributed by atoms with Crippen LogP contribution in [0.1, 0.15) is 23.9 Å². The van der Waals surface area contributed by atoms with Crippen LogP contribution in [0, 0.1) is 6.92 Å². The lowest BCUT2D eigenvalue weighted by Gasteiger charge is -2.14. The number of benzene rings is 2. The maximum Gasteiger partial charge on any atom is 0.192 e. The molecule has 1 heterocycles. The predicted octanol–water partition coefficient (Wildman–Crippen LogP) is 3.10. The normalized spacial score (nSPS) is 12.0. The largest absolute Gasteiger partial charge is 0.549 e. The summed E-state index contributed by atoms with van der Waals surface area (Å²) in [5, 5.41) is 19.9. The monoisotopic (exact) mass is 416 g/mol. The zero-order valence-electron chi connectivity index (χ0n) is 15.5. The van der Waals surface area contributed by atoms with E-state index in [0.29, 0.717) is 28.3 Å². The van der Waals surface area contributed by atoms with E-state index in [1.165, 1.54) is 0 Å². The van der Waals surface area contributed by atoms with Gasteiger partial charge in [0.05, 0.1) is 12.5 Å². The Hall–Kier alpha value is -2.51. The van der Waals surface area contributed by atoms with Crippen LogP contribution in [0.2, 0.25) is 5.02 Å². The highest BCUT2D eigenvalue weighted by Gasteiger charge is 2.17. The Bertz CT molecular complexity index is 963. The molecule has 0 unspecified atom stereocenters. The van der Waals surface area contributed by atoms with E-state index in [1.54, 1.807) is 19.1 Å². The number of hydrogen-bond donors (Lipinski definition) is 0. The number of carbonyl (C=O) groups is 1. The molecule has 0 bridgehead atoms. The fraction of sp³-hybridized carbons (Fsp3) is 0.250. The molecule has 0 saturated heterocycles. The molecule has 0 aliphatic rings. The van der Waals surface area contributed by atoms with Crippen molar-refractivity contribution in [1.29, 1.82) is 0 Å². The van der Waals surface area contributed by atoms with Crippen molar-refractivity contribution in [2.45, 2.75) is 37.4 Å². The van der Waals surface area contributed by atoms with Crippen molar-refractivity contribution >= 4 is 29.3 Å². The molecule has 0 aliphatic carbocycles. The number of nitrogens with zero attached hydrogens (tertiary/aromatic N) is 3. The molecule has 0 fully saturated rings. The number of ether oxygens (including phenoxy) is 1. The first kappa shape index (κ1) is 20.2. The molecule has 0 saturated carbocycles. The van der Waals surface area contributed by atoms with Gasteiger partial charge in [-0.05, 0) is 43.2 Å². The molecule has 8 heteroatoms. The first-order valence-corrected chi connectivity index (χ1v) is 9.92. The van der Waals surface area contributed by atoms with Gasteiger partial charge in [0.25, 0.3) is 0 Å². The van der Waals surface area contributed by atoms with E-state index in [4.69, 9.17) is 16.3 Å². The zero-order chi connectivity index (χ0) is 20.1. The number of carbonyl (C=O) groups excluding carboxylic acids is 1. The van der Waals surface area contributed by atoms with Crippen molar-refractivity contribution in [1.82, 2.24) is 14.8 Å². The Morgan fingerprint density at radius 3 is 2.68 bits per heavy atom. The molecule has 0 spiro atoms. The summed E-state index contributed by atoms with van der Waals surface area (Å²) in [4.78, 5) is 11.1. The summed E-state index contributed by atoms with van der Waals surface area (Å²) in [5.74, 6) is 0.131. The third-order valence-electron chi connectivity index (χ3n) is 4.09. The van der Waals surface area contributed by atoms with Gasteiger partial charge in [0.2, 0.25) is 0 Å². The molecule has 0 radical (unpaired) electrons. The summed E-state index contributed by atoms with van der Waals surface area (Å²) in [5.41, 5.74) is 1.97. The minimum Gasteiger partial charge on any atom is -0.549 e. The van der Waals surface area contributed by atoms with Crippen LogP contribution in [-0.2, 0) is 17.9 Å². The van der Waals surface area contributed by atoms with Gasteiger partial charge in [-0.1, -0.05) is 53.7 Å². The topological polar surface area (TPSA) is 80.1 Å². The van der Waals surface area contributed by atoms with Crippen molar-refractivity contribution in [3.8, 4) is 5.75 Å². The lowest BCUT2D eigenvalue weighted by atomic mass is 10.2. The molecule has 1 atom stereocenters. The number of thioether (sulfide) groups is 1. The van der Waals surface area contributed by atoms with Crippen molar-refractivity contribution in [2.24, 2.45) is 0 Å². The van der Waals surface area contributed by atoms with Gasteiger partial charge in [0, 0.05) is 10.3 Å². The molecule has 146 valence electrons. The number of aliphatic carboxylic acids is 1. The fourth-order valence-electron chi connectivity index (χ4n) is 2.50. The Morgan fingerprint density at radius 2 is 2.00 bits per heavy atom. The van der Waals surface area contributed by atoms with E-state index in [2.05, 4.69) is 10.2 Å². The van der Waals surface area contributed by atoms with E-state index >= 15 is 0 Å². The van der Waals surface area contributed by atoms with Gasteiger partial charge in [-0.2, -0.15) is 0 Å². The van der Waals surface area contributed by atoms with Gasteiger partial charge in [-0.25, -0.2) is 0 Å². The highest BCUT2D eigenvalue weighted by molar-refractivity contribution is 8.00. The van der Waals surface area contributed by atoms with Crippen molar-refractivity contribution < 1.29 is 14.6 Å². The second-order valence-electron chi connectivity index (χ2n) is 6.25. The molecule has 0 amide bonds. The van der Waals surface area contributed by atoms with E-state index in [-0.39, 0.29) is 6.61 Å². The van der Waals surface area contributed by atoms with Crippen molar-refractivity contribution in [3.05, 3.63) is 70.5 Å². The van der Waals surface area contributed by atoms with E-state index < -0.39 is 11.2 Å². The first-order valence-electron chi connectivity index (χ1n) is 8.66. The van der Waals surface area contributed by atoms with Gasteiger partial charge < -0.3 is 14.6 Å². The summed E-state index contributed by atoms with van der Waals surface area (Å²) in [6.45, 7) is 4.17. The summed E-state index contributed by atoms with van der Waals surface area (Å²) >= 11 is 7.15. The highest BCUT2D eigenvalue weighted by atomic mass is 35.5. The Balaban J connectivity index is 1.83. The SMILES string of the molecule is Cc1cc(OCc2nnc(S[C@H](C)C(=O)[O-])n2Cc2ccccc2)ccc1Cl. The number of aryl methyl sites for hydroxylation is 1. The van der Waals surface area contributed by atoms with E-state index in [0.717, 1.165) is 22.9 Å². The zero-order valence-corrected chi connectivity index (χ0v) is 17.0. The maximum atomic E-state index is 11.1. The molecule has 28 heavy (non-hydrogen) atoms. The first-order chi connectivity index (χ1) is 13.4. The van der Waals surface area contributed by atoms with Crippen molar-refractivity contribution in [2.75, 3.05) is 0 Å². The summed E-state index contributed by atoms with van der Waals surface area (Å²) in [6, 6.07) is 15.2. The van der Waals surface area contributed by atoms with Crippen LogP contribution in [0.15, 0.2) is 53.7 Å². The van der Waals surface area contributed by atoms with Gasteiger partial charge >= 0.3 is 0 Å². The van der Waals surface area contributed by atoms with Gasteiger partial charge in [0.1, 0.15) is 12.4 Å². The molecular formula is C20H19ClN3O3S-. The van der Waals surface area contributed by atoms with Crippen LogP contribution in [0.4, 0.5) is 0 Å². The summed E-state index contributed by atoms with van der Waals surface area (Å²) in [6.07, 6.45) is 0. The Labute approximate surface area is 172 Å². The average Bonchev–Trinajstić information content (AvgIpc) is 3.05. The summed E-state index contributed by atoms with van der Waals surface area (Å²) < 4.78 is 7.72. The van der Waals surface area contributed by atoms with Crippen LogP contribution in [0.5, 0.6) is 5.75 Å². The van der Waals surface area contributed by atoms with Gasteiger partial charge in [-0.15, -0.1) is 10.2 Å². The van der Waals surface area contributed by atoms with Gasteiger partial charge in [-0.3, -0.25) is 4.57 Å². The molecule has 1 aromatic heterocycles. The summed E-state index contributed by atoms with van der Waals surface area (Å²) in [7, 11) is 0. The molecule has 2 aromatic carbocycles. The lowest BCUT2D eigenvalue weighted by molar-refractivity contribution is -0.304. The Kier molecular flexibility index (Phi) is 6.59. The second-order valence-corrected chi connectivity index (χ2v) is 7.96. The number of carboxylic acid groups (broad SMARTS) is 1. The quantitative estimate of drug-likeness (QED) is 0.525. The van der Waals surface area contributed by atoms with E-state index in [9.17, 15) is 9.90 Å². The number of rotatable bonds is 8. The fourth-order valence-corrected chi connectivity index (χ4v) is 3.41. The van der Waals surface area contributed by atoms with Crippen molar-refractivity contribution in [3.63, 3.8) is 0 Å². The minimum atomic E-state index is -1.14. The third kappa shape index (κ3) is 5.05. The molecule has 0 aliphatic heterocycles. The number of hydrogen-bond acceptors (Lipinski definition) is 6. The van der Waals surface area contributed by atoms with Crippen LogP contribution in [-0.4, -0.2) is 26.0 Å². The number of halogens is 1. The highest BCUT2D eigenvalue weighted by Crippen LogP contribution is 2.25. The number of carboxylic acids is 1. The number of aromatic nitrogens is 3. The molecule has 6 nitrogen and oxygen atoms in total. The predicted molar refractivity (Wildman–Crippen MR) is 106 cm³/mol. The average molecular weight is 417 g/mol. The lowest BCUT2D eigenvalue weighted by Crippen LogP contribution is -2.31. The second kappa shape index (κ2) is 9.12. The smallest absolute Gasteiger partial charge is 0.192 e. The molecule has 3 rings (SSSR count). The minimum absolute atomic E-state index is 0.196. The van der Waals surface area contributed by atoms with Crippen LogP contribution in [0.25, 0.3) is 0 Å². The molecule has 3 aromatic rings. The Morgan fingerprint density at radius 1 is 1.25 bits per heavy atom. The van der Waals surface area contributed by atoms with Crippen LogP contribution < -0.4 is 9.84 Å². The molecule has 0 N–H and O–H groups in total. The third-order valence-corrected chi connectivity index (χ3v) is 5.57. The van der Waals surface area contributed by atoms with Gasteiger partial charge in [0.15, 0.2) is 11.0 Å².